The zero-order chi connectivity index (χ0) is 14.7. The molecule has 0 atom stereocenters. The zero-order valence-electron chi connectivity index (χ0n) is 12.0. The van der Waals surface area contributed by atoms with E-state index in [1.807, 2.05) is 36.1 Å². The molecule has 2 heterocycles. The number of rotatable bonds is 3. The number of amides is 1. The van der Waals surface area contributed by atoms with Gasteiger partial charge in [-0.15, -0.1) is 0 Å². The molecular weight excluding hydrogens is 266 g/mol. The van der Waals surface area contributed by atoms with Crippen molar-refractivity contribution in [3.05, 3.63) is 53.6 Å². The molecule has 2 aromatic rings. The van der Waals surface area contributed by atoms with Crippen molar-refractivity contribution in [1.29, 1.82) is 0 Å². The molecule has 0 aliphatic carbocycles. The number of benzene rings is 1. The Kier molecular flexibility index (Phi) is 3.81. The monoisotopic (exact) mass is 283 g/mol. The molecule has 0 radical (unpaired) electrons. The van der Waals surface area contributed by atoms with Crippen LogP contribution in [-0.2, 0) is 13.0 Å². The molecule has 0 unspecified atom stereocenters. The Bertz CT molecular complexity index is 657. The highest BCUT2D eigenvalue weighted by Crippen LogP contribution is 2.23. The summed E-state index contributed by atoms with van der Waals surface area (Å²) in [6.45, 7) is 3.68. The van der Waals surface area contributed by atoms with E-state index in [1.54, 1.807) is 12.5 Å². The van der Waals surface area contributed by atoms with Crippen LogP contribution in [0.5, 0.6) is 5.75 Å². The first-order valence-electron chi connectivity index (χ1n) is 7.08. The highest BCUT2D eigenvalue weighted by molar-refractivity contribution is 5.97. The summed E-state index contributed by atoms with van der Waals surface area (Å²) < 4.78 is 5.55. The van der Waals surface area contributed by atoms with E-state index >= 15 is 0 Å². The van der Waals surface area contributed by atoms with Crippen molar-refractivity contribution < 1.29 is 9.53 Å². The van der Waals surface area contributed by atoms with E-state index < -0.39 is 0 Å². The maximum Gasteiger partial charge on any atom is 0.257 e. The average molecular weight is 283 g/mol. The molecule has 5 heteroatoms. The van der Waals surface area contributed by atoms with Crippen molar-refractivity contribution in [3.63, 3.8) is 0 Å². The number of aromatic nitrogens is 2. The molecule has 1 aliphatic heterocycles. The zero-order valence-corrected chi connectivity index (χ0v) is 12.0. The lowest BCUT2D eigenvalue weighted by Crippen LogP contribution is -2.36. The molecule has 5 nitrogen and oxygen atoms in total. The van der Waals surface area contributed by atoms with E-state index in [1.165, 1.54) is 0 Å². The minimum absolute atomic E-state index is 0.00597. The van der Waals surface area contributed by atoms with Crippen LogP contribution in [0.15, 0.2) is 36.8 Å². The first-order chi connectivity index (χ1) is 10.3. The van der Waals surface area contributed by atoms with Crippen LogP contribution in [-0.4, -0.2) is 33.9 Å². The fourth-order valence-corrected chi connectivity index (χ4v) is 2.53. The summed E-state index contributed by atoms with van der Waals surface area (Å²) in [5.74, 6) is 0.633. The van der Waals surface area contributed by atoms with Gasteiger partial charge >= 0.3 is 0 Å². The van der Waals surface area contributed by atoms with Crippen molar-refractivity contribution in [1.82, 2.24) is 14.9 Å². The normalized spacial score (nSPS) is 13.7. The number of hydrogen-bond donors (Lipinski definition) is 0. The molecule has 1 aliphatic rings. The molecule has 21 heavy (non-hydrogen) atoms. The maximum atomic E-state index is 12.7. The molecule has 0 saturated carbocycles. The van der Waals surface area contributed by atoms with Crippen molar-refractivity contribution in [2.24, 2.45) is 0 Å². The highest BCUT2D eigenvalue weighted by Gasteiger charge is 2.24. The SMILES string of the molecule is CCOc1ccccc1C(=O)N1CCc2ncncc2C1. The van der Waals surface area contributed by atoms with Crippen LogP contribution in [0, 0.1) is 0 Å². The van der Waals surface area contributed by atoms with E-state index in [-0.39, 0.29) is 5.91 Å². The van der Waals surface area contributed by atoms with Gasteiger partial charge in [0.05, 0.1) is 17.9 Å². The molecule has 3 rings (SSSR count). The number of nitrogens with zero attached hydrogens (tertiary/aromatic N) is 3. The molecule has 1 aromatic carbocycles. The Hall–Kier alpha value is -2.43. The third kappa shape index (κ3) is 2.72. The van der Waals surface area contributed by atoms with Gasteiger partial charge in [0.1, 0.15) is 12.1 Å². The van der Waals surface area contributed by atoms with Crippen LogP contribution in [0.3, 0.4) is 0 Å². The van der Waals surface area contributed by atoms with Gasteiger partial charge in [0, 0.05) is 31.3 Å². The predicted molar refractivity (Wildman–Crippen MR) is 78.1 cm³/mol. The molecule has 0 spiro atoms. The number of carbonyl (C=O) groups is 1. The number of ether oxygens (including phenoxy) is 1. The maximum absolute atomic E-state index is 12.7. The Morgan fingerprint density at radius 2 is 2.24 bits per heavy atom. The summed E-state index contributed by atoms with van der Waals surface area (Å²) >= 11 is 0. The Labute approximate surface area is 123 Å². The summed E-state index contributed by atoms with van der Waals surface area (Å²) in [7, 11) is 0. The summed E-state index contributed by atoms with van der Waals surface area (Å²) in [5.41, 5.74) is 2.66. The Balaban J connectivity index is 1.84. The van der Waals surface area contributed by atoms with Gasteiger partial charge in [-0.3, -0.25) is 4.79 Å². The Morgan fingerprint density at radius 1 is 1.38 bits per heavy atom. The lowest BCUT2D eigenvalue weighted by Gasteiger charge is -2.28. The molecule has 0 bridgehead atoms. The van der Waals surface area contributed by atoms with Gasteiger partial charge in [-0.2, -0.15) is 0 Å². The second-order valence-electron chi connectivity index (χ2n) is 4.90. The molecule has 0 fully saturated rings. The van der Waals surface area contributed by atoms with Gasteiger partial charge < -0.3 is 9.64 Å². The second kappa shape index (κ2) is 5.91. The van der Waals surface area contributed by atoms with Gasteiger partial charge in [0.15, 0.2) is 0 Å². The standard InChI is InChI=1S/C16H17N3O2/c1-2-21-15-6-4-3-5-13(15)16(20)19-8-7-14-12(10-19)9-17-11-18-14/h3-6,9,11H,2,7-8,10H2,1H3. The van der Waals surface area contributed by atoms with Gasteiger partial charge in [-0.1, -0.05) is 12.1 Å². The first-order valence-corrected chi connectivity index (χ1v) is 7.08. The largest absolute Gasteiger partial charge is 0.493 e. The molecule has 0 saturated heterocycles. The van der Waals surface area contributed by atoms with Gasteiger partial charge in [0.25, 0.3) is 5.91 Å². The molecule has 108 valence electrons. The fraction of sp³-hybridized carbons (Fsp3) is 0.312. The van der Waals surface area contributed by atoms with Gasteiger partial charge in [0.2, 0.25) is 0 Å². The molecule has 1 amide bonds. The lowest BCUT2D eigenvalue weighted by molar-refractivity contribution is 0.0729. The van der Waals surface area contributed by atoms with Crippen molar-refractivity contribution in [2.45, 2.75) is 19.9 Å². The molecular formula is C16H17N3O2. The highest BCUT2D eigenvalue weighted by atomic mass is 16.5. The third-order valence-electron chi connectivity index (χ3n) is 3.57. The van der Waals surface area contributed by atoms with Gasteiger partial charge in [-0.05, 0) is 19.1 Å². The van der Waals surface area contributed by atoms with Gasteiger partial charge in [-0.25, -0.2) is 9.97 Å². The smallest absolute Gasteiger partial charge is 0.257 e. The molecule has 1 aromatic heterocycles. The van der Waals surface area contributed by atoms with E-state index in [4.69, 9.17) is 4.74 Å². The van der Waals surface area contributed by atoms with E-state index in [0.29, 0.717) is 31.0 Å². The summed E-state index contributed by atoms with van der Waals surface area (Å²) in [6, 6.07) is 7.37. The summed E-state index contributed by atoms with van der Waals surface area (Å²) in [6.07, 6.45) is 4.11. The van der Waals surface area contributed by atoms with Crippen LogP contribution in [0.4, 0.5) is 0 Å². The average Bonchev–Trinajstić information content (AvgIpc) is 2.54. The predicted octanol–water partition coefficient (Wildman–Crippen LogP) is 2.07. The second-order valence-corrected chi connectivity index (χ2v) is 4.90. The van der Waals surface area contributed by atoms with Crippen LogP contribution in [0.25, 0.3) is 0 Å². The van der Waals surface area contributed by atoms with Crippen molar-refractivity contribution in [3.8, 4) is 5.75 Å². The topological polar surface area (TPSA) is 55.3 Å². The lowest BCUT2D eigenvalue weighted by atomic mass is 10.1. The number of para-hydroxylation sites is 1. The quantitative estimate of drug-likeness (QED) is 0.865. The Morgan fingerprint density at radius 3 is 3.10 bits per heavy atom. The van der Waals surface area contributed by atoms with E-state index in [0.717, 1.165) is 17.7 Å². The van der Waals surface area contributed by atoms with E-state index in [9.17, 15) is 4.79 Å². The van der Waals surface area contributed by atoms with Crippen molar-refractivity contribution >= 4 is 5.91 Å². The van der Waals surface area contributed by atoms with Crippen LogP contribution >= 0.6 is 0 Å². The van der Waals surface area contributed by atoms with E-state index in [2.05, 4.69) is 9.97 Å². The number of carbonyl (C=O) groups excluding carboxylic acids is 1. The van der Waals surface area contributed by atoms with Crippen LogP contribution in [0.2, 0.25) is 0 Å². The van der Waals surface area contributed by atoms with Crippen LogP contribution in [0.1, 0.15) is 28.5 Å². The number of hydrogen-bond acceptors (Lipinski definition) is 4. The minimum atomic E-state index is -0.00597. The third-order valence-corrected chi connectivity index (χ3v) is 3.57. The van der Waals surface area contributed by atoms with Crippen LogP contribution < -0.4 is 4.74 Å². The summed E-state index contributed by atoms with van der Waals surface area (Å²) in [5, 5.41) is 0. The molecule has 0 N–H and O–H groups in total. The first kappa shape index (κ1) is 13.5. The minimum Gasteiger partial charge on any atom is -0.493 e. The fourth-order valence-electron chi connectivity index (χ4n) is 2.53. The number of fused-ring (bicyclic) bond motifs is 1. The van der Waals surface area contributed by atoms with Crippen molar-refractivity contribution in [2.75, 3.05) is 13.2 Å². The summed E-state index contributed by atoms with van der Waals surface area (Å²) in [4.78, 5) is 22.8.